The first kappa shape index (κ1) is 26.6. The fourth-order valence-corrected chi connectivity index (χ4v) is 7.25. The van der Waals surface area contributed by atoms with Gasteiger partial charge in [0.2, 0.25) is 0 Å². The summed E-state index contributed by atoms with van der Waals surface area (Å²) in [6.45, 7) is 0.859. The van der Waals surface area contributed by atoms with Gasteiger partial charge in [-0.15, -0.1) is 11.3 Å². The zero-order valence-electron chi connectivity index (χ0n) is 19.0. The number of nitrogens with one attached hydrogen (secondary N) is 1. The number of sulfonamides is 1. The lowest BCUT2D eigenvalue weighted by atomic mass is 10.3. The van der Waals surface area contributed by atoms with E-state index in [0.717, 1.165) is 21.1 Å². The average molecular weight is 567 g/mol. The normalized spacial score (nSPS) is 14.4. The number of hydrogen-bond acceptors (Lipinski definition) is 8. The molecule has 36 heavy (non-hydrogen) atoms. The minimum atomic E-state index is -3.62. The highest BCUT2D eigenvalue weighted by Crippen LogP contribution is 2.34. The molecule has 1 aliphatic heterocycles. The van der Waals surface area contributed by atoms with E-state index in [1.807, 2.05) is 24.3 Å². The van der Waals surface area contributed by atoms with E-state index in [2.05, 4.69) is 5.32 Å². The Balaban J connectivity index is 1.29. The number of hydrogen-bond donors (Lipinski definition) is 1. The van der Waals surface area contributed by atoms with Crippen LogP contribution in [0.4, 0.5) is 5.69 Å². The van der Waals surface area contributed by atoms with Crippen LogP contribution in [0.5, 0.6) is 0 Å². The van der Waals surface area contributed by atoms with Crippen LogP contribution < -0.4 is 5.32 Å². The second-order valence-corrected chi connectivity index (χ2v) is 12.6. The fraction of sp³-hybridized carbons (Fsp3) is 0.250. The molecule has 3 aromatic rings. The van der Waals surface area contributed by atoms with Gasteiger partial charge in [-0.3, -0.25) is 9.59 Å². The van der Waals surface area contributed by atoms with E-state index in [1.54, 1.807) is 30.3 Å². The second kappa shape index (κ2) is 12.2. The number of halogens is 1. The molecule has 0 bridgehead atoms. The van der Waals surface area contributed by atoms with Gasteiger partial charge in [0.05, 0.1) is 25.3 Å². The third-order valence-electron chi connectivity index (χ3n) is 5.09. The van der Waals surface area contributed by atoms with Crippen LogP contribution in [0.25, 0.3) is 0 Å². The van der Waals surface area contributed by atoms with E-state index < -0.39 is 28.5 Å². The highest BCUT2D eigenvalue weighted by Gasteiger charge is 2.28. The monoisotopic (exact) mass is 566 g/mol. The minimum absolute atomic E-state index is 0.125. The number of carbonyl (C=O) groups excluding carboxylic acids is 2. The maximum Gasteiger partial charge on any atom is 0.311 e. The van der Waals surface area contributed by atoms with Gasteiger partial charge in [0, 0.05) is 32.8 Å². The summed E-state index contributed by atoms with van der Waals surface area (Å²) in [5.41, 5.74) is 0.592. The van der Waals surface area contributed by atoms with Gasteiger partial charge in [-0.2, -0.15) is 4.31 Å². The van der Waals surface area contributed by atoms with E-state index in [9.17, 15) is 18.0 Å². The molecule has 1 aliphatic rings. The number of ether oxygens (including phenoxy) is 2. The Morgan fingerprint density at radius 1 is 1.06 bits per heavy atom. The molecule has 1 saturated heterocycles. The average Bonchev–Trinajstić information content (AvgIpc) is 3.35. The molecule has 2 heterocycles. The number of esters is 1. The molecule has 0 radical (unpaired) electrons. The Morgan fingerprint density at radius 3 is 2.53 bits per heavy atom. The van der Waals surface area contributed by atoms with Crippen molar-refractivity contribution in [3.05, 3.63) is 70.6 Å². The molecular weight excluding hydrogens is 544 g/mol. The first-order valence-corrected chi connectivity index (χ1v) is 14.4. The number of para-hydroxylation sites is 1. The van der Waals surface area contributed by atoms with Gasteiger partial charge in [0.1, 0.15) is 4.21 Å². The molecule has 8 nitrogen and oxygen atoms in total. The van der Waals surface area contributed by atoms with E-state index in [1.165, 1.54) is 22.1 Å². The molecule has 1 N–H and O–H groups in total. The van der Waals surface area contributed by atoms with E-state index in [0.29, 0.717) is 41.9 Å². The second-order valence-electron chi connectivity index (χ2n) is 7.67. The van der Waals surface area contributed by atoms with E-state index in [-0.39, 0.29) is 10.6 Å². The number of amides is 1. The lowest BCUT2D eigenvalue weighted by molar-refractivity contribution is -0.146. The van der Waals surface area contributed by atoms with Crippen LogP contribution in [-0.2, 0) is 35.5 Å². The molecule has 2 aromatic carbocycles. The first-order valence-electron chi connectivity index (χ1n) is 11.0. The standard InChI is InChI=1S/C24H23ClN2O6S3/c25-17-5-7-18(8-6-17)34-21-4-2-1-3-20(21)26-22(28)16-33-23(29)15-19-9-10-24(35-19)36(30,31)27-11-13-32-14-12-27/h1-10H,11-16H2,(H,26,28). The minimum Gasteiger partial charge on any atom is -0.455 e. The Bertz CT molecular complexity index is 1320. The summed E-state index contributed by atoms with van der Waals surface area (Å²) in [6.07, 6.45) is -0.125. The summed E-state index contributed by atoms with van der Waals surface area (Å²) in [5.74, 6) is -1.10. The SMILES string of the molecule is O=C(COC(=O)Cc1ccc(S(=O)(=O)N2CCOCC2)s1)Nc1ccccc1Sc1ccc(Cl)cc1. The summed E-state index contributed by atoms with van der Waals surface area (Å²) >= 11 is 8.43. The van der Waals surface area contributed by atoms with Crippen molar-refractivity contribution in [1.29, 1.82) is 0 Å². The molecule has 0 spiro atoms. The quantitative estimate of drug-likeness (QED) is 0.385. The van der Waals surface area contributed by atoms with Crippen LogP contribution in [-0.4, -0.2) is 57.5 Å². The smallest absolute Gasteiger partial charge is 0.311 e. The predicted molar refractivity (Wildman–Crippen MR) is 139 cm³/mol. The largest absolute Gasteiger partial charge is 0.455 e. The maximum absolute atomic E-state index is 12.7. The molecule has 0 atom stereocenters. The van der Waals surface area contributed by atoms with Crippen molar-refractivity contribution in [2.45, 2.75) is 20.4 Å². The van der Waals surface area contributed by atoms with Crippen molar-refractivity contribution in [1.82, 2.24) is 4.31 Å². The Kier molecular flexibility index (Phi) is 9.04. The molecule has 1 amide bonds. The van der Waals surface area contributed by atoms with Crippen molar-refractivity contribution in [3.8, 4) is 0 Å². The summed E-state index contributed by atoms with van der Waals surface area (Å²) in [4.78, 5) is 27.0. The first-order chi connectivity index (χ1) is 17.3. The van der Waals surface area contributed by atoms with Crippen LogP contribution in [0, 0.1) is 0 Å². The third kappa shape index (κ3) is 7.09. The number of rotatable bonds is 9. The molecule has 0 aliphatic carbocycles. The van der Waals surface area contributed by atoms with Crippen molar-refractivity contribution in [3.63, 3.8) is 0 Å². The fourth-order valence-electron chi connectivity index (χ4n) is 3.32. The van der Waals surface area contributed by atoms with Gasteiger partial charge < -0.3 is 14.8 Å². The van der Waals surface area contributed by atoms with Gasteiger partial charge in [0.25, 0.3) is 15.9 Å². The zero-order chi connectivity index (χ0) is 25.5. The predicted octanol–water partition coefficient (Wildman–Crippen LogP) is 4.30. The molecule has 0 unspecified atom stereocenters. The van der Waals surface area contributed by atoms with Crippen LogP contribution in [0.15, 0.2) is 74.7 Å². The topological polar surface area (TPSA) is 102 Å². The molecule has 1 fully saturated rings. The zero-order valence-corrected chi connectivity index (χ0v) is 22.2. The van der Waals surface area contributed by atoms with Gasteiger partial charge in [-0.1, -0.05) is 35.5 Å². The van der Waals surface area contributed by atoms with Gasteiger partial charge in [-0.25, -0.2) is 8.42 Å². The summed E-state index contributed by atoms with van der Waals surface area (Å²) in [6, 6.07) is 17.7. The van der Waals surface area contributed by atoms with Crippen molar-refractivity contribution in [2.24, 2.45) is 0 Å². The lowest BCUT2D eigenvalue weighted by Crippen LogP contribution is -2.40. The number of nitrogens with zero attached hydrogens (tertiary/aromatic N) is 1. The Morgan fingerprint density at radius 2 is 1.78 bits per heavy atom. The summed E-state index contributed by atoms with van der Waals surface area (Å²) < 4.78 is 37.3. The molecular formula is C24H23ClN2O6S3. The number of benzene rings is 2. The van der Waals surface area contributed by atoms with E-state index >= 15 is 0 Å². The van der Waals surface area contributed by atoms with Crippen molar-refractivity contribution < 1.29 is 27.5 Å². The maximum atomic E-state index is 12.7. The lowest BCUT2D eigenvalue weighted by Gasteiger charge is -2.25. The van der Waals surface area contributed by atoms with Gasteiger partial charge in [0.15, 0.2) is 6.61 Å². The number of carbonyl (C=O) groups is 2. The van der Waals surface area contributed by atoms with Gasteiger partial charge in [-0.05, 0) is 48.5 Å². The highest BCUT2D eigenvalue weighted by molar-refractivity contribution is 7.99. The van der Waals surface area contributed by atoms with Crippen LogP contribution in [0.3, 0.4) is 0 Å². The Labute approximate surface area is 222 Å². The number of thiophene rings is 1. The number of morpholine rings is 1. The molecule has 190 valence electrons. The molecule has 0 saturated carbocycles. The molecule has 1 aromatic heterocycles. The van der Waals surface area contributed by atoms with Crippen LogP contribution in [0.2, 0.25) is 5.02 Å². The number of anilines is 1. The third-order valence-corrected chi connectivity index (χ3v) is 9.87. The summed E-state index contributed by atoms with van der Waals surface area (Å²) in [7, 11) is -3.62. The van der Waals surface area contributed by atoms with Crippen molar-refractivity contribution in [2.75, 3.05) is 38.2 Å². The Hall–Kier alpha value is -2.41. The molecule has 4 rings (SSSR count). The van der Waals surface area contributed by atoms with Crippen LogP contribution >= 0.6 is 34.7 Å². The summed E-state index contributed by atoms with van der Waals surface area (Å²) in [5, 5.41) is 3.41. The van der Waals surface area contributed by atoms with Crippen LogP contribution in [0.1, 0.15) is 4.88 Å². The van der Waals surface area contributed by atoms with E-state index in [4.69, 9.17) is 21.1 Å². The van der Waals surface area contributed by atoms with Crippen molar-refractivity contribution >= 4 is 62.3 Å². The highest BCUT2D eigenvalue weighted by atomic mass is 35.5. The van der Waals surface area contributed by atoms with Gasteiger partial charge >= 0.3 is 5.97 Å². The molecule has 12 heteroatoms.